The first kappa shape index (κ1) is 10.5. The second kappa shape index (κ2) is 5.75. The molecule has 1 nitrogen and oxygen atoms in total. The van der Waals surface area contributed by atoms with Gasteiger partial charge in [-0.05, 0) is 38.1 Å². The van der Waals surface area contributed by atoms with Crippen molar-refractivity contribution in [3.63, 3.8) is 0 Å². The van der Waals surface area contributed by atoms with Crippen molar-refractivity contribution in [3.8, 4) is 0 Å². The van der Waals surface area contributed by atoms with E-state index in [4.69, 9.17) is 0 Å². The Balaban J connectivity index is 1.80. The molecule has 1 N–H and O–H groups in total. The standard InChI is InChI=1S/C13H25N/c1-2-4-6-9-12(8-5-3-1)13-10-7-11-14-13/h12-14H,1-11H2. The summed E-state index contributed by atoms with van der Waals surface area (Å²) in [7, 11) is 0. The maximum Gasteiger partial charge on any atom is 0.00957 e. The first-order valence-corrected chi connectivity index (χ1v) is 6.70. The lowest BCUT2D eigenvalue weighted by Crippen LogP contribution is -2.30. The average molecular weight is 195 g/mol. The quantitative estimate of drug-likeness (QED) is 0.675. The van der Waals surface area contributed by atoms with E-state index in [0.29, 0.717) is 0 Å². The van der Waals surface area contributed by atoms with Gasteiger partial charge in [-0.15, -0.1) is 0 Å². The Labute approximate surface area is 88.7 Å². The van der Waals surface area contributed by atoms with E-state index in [1.807, 2.05) is 0 Å². The third kappa shape index (κ3) is 2.98. The maximum atomic E-state index is 3.69. The van der Waals surface area contributed by atoms with E-state index in [1.165, 1.54) is 70.8 Å². The molecule has 1 aliphatic heterocycles. The monoisotopic (exact) mass is 195 g/mol. The van der Waals surface area contributed by atoms with Gasteiger partial charge in [-0.1, -0.05) is 38.5 Å². The highest BCUT2D eigenvalue weighted by Gasteiger charge is 2.23. The molecule has 0 bridgehead atoms. The largest absolute Gasteiger partial charge is 0.314 e. The van der Waals surface area contributed by atoms with Gasteiger partial charge >= 0.3 is 0 Å². The molecule has 1 unspecified atom stereocenters. The molecular weight excluding hydrogens is 170 g/mol. The molecule has 2 rings (SSSR count). The van der Waals surface area contributed by atoms with Crippen LogP contribution in [0.25, 0.3) is 0 Å². The summed E-state index contributed by atoms with van der Waals surface area (Å²) >= 11 is 0. The molecule has 2 aliphatic rings. The van der Waals surface area contributed by atoms with Crippen molar-refractivity contribution in [3.05, 3.63) is 0 Å². The Morgan fingerprint density at radius 3 is 1.86 bits per heavy atom. The number of hydrogen-bond donors (Lipinski definition) is 1. The smallest absolute Gasteiger partial charge is 0.00957 e. The highest BCUT2D eigenvalue weighted by molar-refractivity contribution is 4.82. The molecule has 0 aromatic heterocycles. The lowest BCUT2D eigenvalue weighted by atomic mass is 9.89. The van der Waals surface area contributed by atoms with Crippen molar-refractivity contribution < 1.29 is 0 Å². The van der Waals surface area contributed by atoms with Gasteiger partial charge in [0.05, 0.1) is 0 Å². The number of nitrogens with one attached hydrogen (secondary N) is 1. The molecule has 1 saturated carbocycles. The van der Waals surface area contributed by atoms with Crippen LogP contribution in [-0.2, 0) is 0 Å². The molecule has 0 aromatic rings. The summed E-state index contributed by atoms with van der Waals surface area (Å²) in [5.74, 6) is 1.01. The topological polar surface area (TPSA) is 12.0 Å². The lowest BCUT2D eigenvalue weighted by molar-refractivity contribution is 0.331. The zero-order valence-electron chi connectivity index (χ0n) is 9.43. The molecule has 0 radical (unpaired) electrons. The summed E-state index contributed by atoms with van der Waals surface area (Å²) in [4.78, 5) is 0. The first-order valence-electron chi connectivity index (χ1n) is 6.70. The van der Waals surface area contributed by atoms with Gasteiger partial charge in [-0.3, -0.25) is 0 Å². The molecule has 2 fully saturated rings. The summed E-state index contributed by atoms with van der Waals surface area (Å²) in [6.07, 6.45) is 14.8. The molecule has 1 saturated heterocycles. The fourth-order valence-electron chi connectivity index (χ4n) is 3.18. The van der Waals surface area contributed by atoms with Crippen LogP contribution in [0, 0.1) is 5.92 Å². The van der Waals surface area contributed by atoms with Crippen molar-refractivity contribution in [2.45, 2.75) is 70.3 Å². The van der Waals surface area contributed by atoms with Gasteiger partial charge in [-0.25, -0.2) is 0 Å². The normalized spacial score (nSPS) is 32.1. The minimum absolute atomic E-state index is 0.882. The highest BCUT2D eigenvalue weighted by atomic mass is 14.9. The van der Waals surface area contributed by atoms with Gasteiger partial charge in [0.25, 0.3) is 0 Å². The van der Waals surface area contributed by atoms with Crippen LogP contribution >= 0.6 is 0 Å². The maximum absolute atomic E-state index is 3.69. The highest BCUT2D eigenvalue weighted by Crippen LogP contribution is 2.27. The van der Waals surface area contributed by atoms with Crippen LogP contribution in [0.3, 0.4) is 0 Å². The average Bonchev–Trinajstić information content (AvgIpc) is 2.75. The number of hydrogen-bond acceptors (Lipinski definition) is 1. The number of rotatable bonds is 1. The summed E-state index contributed by atoms with van der Waals surface area (Å²) in [6, 6.07) is 0.882. The Morgan fingerprint density at radius 2 is 1.29 bits per heavy atom. The van der Waals surface area contributed by atoms with Crippen LogP contribution in [0.15, 0.2) is 0 Å². The van der Waals surface area contributed by atoms with Gasteiger partial charge in [0.15, 0.2) is 0 Å². The minimum atomic E-state index is 0.882. The molecular formula is C13H25N. The SMILES string of the molecule is C1CCCCC(C2CCCN2)CCC1. The molecule has 1 heteroatoms. The van der Waals surface area contributed by atoms with Crippen LogP contribution in [-0.4, -0.2) is 12.6 Å². The summed E-state index contributed by atoms with van der Waals surface area (Å²) in [5.41, 5.74) is 0. The fourth-order valence-corrected chi connectivity index (χ4v) is 3.18. The summed E-state index contributed by atoms with van der Waals surface area (Å²) in [6.45, 7) is 1.28. The van der Waals surface area contributed by atoms with Gasteiger partial charge in [0, 0.05) is 6.04 Å². The molecule has 1 heterocycles. The second-order valence-corrected chi connectivity index (χ2v) is 5.16. The fraction of sp³-hybridized carbons (Fsp3) is 1.00. The molecule has 0 aromatic carbocycles. The summed E-state index contributed by atoms with van der Waals surface area (Å²) in [5, 5.41) is 3.69. The van der Waals surface area contributed by atoms with E-state index >= 15 is 0 Å². The Morgan fingerprint density at radius 1 is 0.643 bits per heavy atom. The van der Waals surface area contributed by atoms with Crippen molar-refractivity contribution in [2.24, 2.45) is 5.92 Å². The van der Waals surface area contributed by atoms with Crippen molar-refractivity contribution in [1.82, 2.24) is 5.32 Å². The van der Waals surface area contributed by atoms with Gasteiger partial charge in [-0.2, -0.15) is 0 Å². The van der Waals surface area contributed by atoms with E-state index in [1.54, 1.807) is 0 Å². The van der Waals surface area contributed by atoms with Crippen LogP contribution in [0.5, 0.6) is 0 Å². The van der Waals surface area contributed by atoms with E-state index in [9.17, 15) is 0 Å². The Hall–Kier alpha value is -0.0400. The van der Waals surface area contributed by atoms with Crippen molar-refractivity contribution in [2.75, 3.05) is 6.54 Å². The van der Waals surface area contributed by atoms with Crippen LogP contribution in [0.4, 0.5) is 0 Å². The Bertz CT molecular complexity index is 139. The van der Waals surface area contributed by atoms with Gasteiger partial charge in [0.1, 0.15) is 0 Å². The molecule has 82 valence electrons. The Kier molecular flexibility index (Phi) is 4.30. The minimum Gasteiger partial charge on any atom is -0.314 e. The van der Waals surface area contributed by atoms with Crippen LogP contribution in [0.1, 0.15) is 64.2 Å². The molecule has 1 aliphatic carbocycles. The van der Waals surface area contributed by atoms with Gasteiger partial charge in [0.2, 0.25) is 0 Å². The van der Waals surface area contributed by atoms with Crippen LogP contribution < -0.4 is 5.32 Å². The van der Waals surface area contributed by atoms with E-state index < -0.39 is 0 Å². The molecule has 0 spiro atoms. The summed E-state index contributed by atoms with van der Waals surface area (Å²) < 4.78 is 0. The molecule has 14 heavy (non-hydrogen) atoms. The van der Waals surface area contributed by atoms with Crippen molar-refractivity contribution >= 4 is 0 Å². The molecule has 0 amide bonds. The van der Waals surface area contributed by atoms with Crippen LogP contribution in [0.2, 0.25) is 0 Å². The zero-order valence-corrected chi connectivity index (χ0v) is 9.43. The third-order valence-corrected chi connectivity index (χ3v) is 4.07. The van der Waals surface area contributed by atoms with E-state index in [0.717, 1.165) is 12.0 Å². The van der Waals surface area contributed by atoms with Gasteiger partial charge < -0.3 is 5.32 Å². The lowest BCUT2D eigenvalue weighted by Gasteiger charge is -2.23. The predicted octanol–water partition coefficient (Wildman–Crippen LogP) is 3.49. The second-order valence-electron chi connectivity index (χ2n) is 5.16. The van der Waals surface area contributed by atoms with E-state index in [-0.39, 0.29) is 0 Å². The molecule has 1 atom stereocenters. The predicted molar refractivity (Wildman–Crippen MR) is 61.5 cm³/mol. The first-order chi connectivity index (χ1) is 6.97. The zero-order chi connectivity index (χ0) is 9.64. The van der Waals surface area contributed by atoms with Crippen molar-refractivity contribution in [1.29, 1.82) is 0 Å². The third-order valence-electron chi connectivity index (χ3n) is 4.07. The van der Waals surface area contributed by atoms with E-state index in [2.05, 4.69) is 5.32 Å².